The molecule has 118 valence electrons. The predicted molar refractivity (Wildman–Crippen MR) is 77.6 cm³/mol. The first kappa shape index (κ1) is 15.6. The van der Waals surface area contributed by atoms with E-state index in [1.807, 2.05) is 13.8 Å². The highest BCUT2D eigenvalue weighted by atomic mass is 16.2. The maximum atomic E-state index is 12.2. The van der Waals surface area contributed by atoms with E-state index in [2.05, 4.69) is 5.32 Å². The van der Waals surface area contributed by atoms with Gasteiger partial charge in [-0.2, -0.15) is 0 Å². The van der Waals surface area contributed by atoms with E-state index in [9.17, 15) is 14.4 Å². The topological polar surface area (TPSA) is 73.0 Å². The monoisotopic (exact) mass is 296 g/mol. The first-order chi connectivity index (χ1) is 9.88. The SMILES string of the molecule is CC(=O)N1CCN(C(=O)NC2CC(=O)N(C(C)C)C2)CC1. The van der Waals surface area contributed by atoms with Gasteiger partial charge in [0.1, 0.15) is 0 Å². The van der Waals surface area contributed by atoms with Crippen LogP contribution < -0.4 is 5.32 Å². The molecule has 0 radical (unpaired) electrons. The molecular formula is C14H24N4O3. The molecule has 1 N–H and O–H groups in total. The highest BCUT2D eigenvalue weighted by molar-refractivity contribution is 5.82. The van der Waals surface area contributed by atoms with Crippen LogP contribution in [0.15, 0.2) is 0 Å². The van der Waals surface area contributed by atoms with E-state index in [0.717, 1.165) is 0 Å². The summed E-state index contributed by atoms with van der Waals surface area (Å²) in [7, 11) is 0. The second-order valence-corrected chi connectivity index (χ2v) is 5.98. The van der Waals surface area contributed by atoms with Crippen LogP contribution in [-0.4, -0.2) is 77.4 Å². The average molecular weight is 296 g/mol. The van der Waals surface area contributed by atoms with Crippen LogP contribution in [0.3, 0.4) is 0 Å². The molecule has 0 aliphatic carbocycles. The summed E-state index contributed by atoms with van der Waals surface area (Å²) in [5.41, 5.74) is 0. The average Bonchev–Trinajstić information content (AvgIpc) is 2.79. The summed E-state index contributed by atoms with van der Waals surface area (Å²) in [6.07, 6.45) is 0.372. The zero-order chi connectivity index (χ0) is 15.6. The molecule has 2 fully saturated rings. The first-order valence-electron chi connectivity index (χ1n) is 7.49. The number of likely N-dealkylation sites (tertiary alicyclic amines) is 1. The van der Waals surface area contributed by atoms with Crippen molar-refractivity contribution < 1.29 is 14.4 Å². The van der Waals surface area contributed by atoms with Gasteiger partial charge < -0.3 is 20.0 Å². The third kappa shape index (κ3) is 3.65. The highest BCUT2D eigenvalue weighted by Crippen LogP contribution is 2.14. The molecule has 2 saturated heterocycles. The molecule has 1 unspecified atom stereocenters. The van der Waals surface area contributed by atoms with Gasteiger partial charge in [0.25, 0.3) is 0 Å². The van der Waals surface area contributed by atoms with Crippen LogP contribution in [0.1, 0.15) is 27.2 Å². The molecule has 1 atom stereocenters. The fourth-order valence-electron chi connectivity index (χ4n) is 2.82. The maximum absolute atomic E-state index is 12.2. The Hall–Kier alpha value is -1.79. The van der Waals surface area contributed by atoms with Gasteiger partial charge in [0.05, 0.1) is 6.04 Å². The molecule has 0 bridgehead atoms. The van der Waals surface area contributed by atoms with Gasteiger partial charge in [-0.3, -0.25) is 9.59 Å². The Balaban J connectivity index is 1.81. The summed E-state index contributed by atoms with van der Waals surface area (Å²) in [6, 6.07) is -0.0849. The van der Waals surface area contributed by atoms with Crippen LogP contribution in [0.5, 0.6) is 0 Å². The number of carbonyl (C=O) groups is 3. The van der Waals surface area contributed by atoms with Gasteiger partial charge in [0, 0.05) is 52.1 Å². The molecule has 0 spiro atoms. The number of hydrogen-bond acceptors (Lipinski definition) is 3. The Morgan fingerprint density at radius 2 is 1.71 bits per heavy atom. The molecule has 0 aromatic heterocycles. The van der Waals surface area contributed by atoms with E-state index in [-0.39, 0.29) is 29.9 Å². The molecule has 4 amide bonds. The van der Waals surface area contributed by atoms with Gasteiger partial charge in [-0.1, -0.05) is 0 Å². The Bertz CT molecular complexity index is 430. The molecule has 0 aromatic rings. The van der Waals surface area contributed by atoms with Crippen molar-refractivity contribution in [1.29, 1.82) is 0 Å². The van der Waals surface area contributed by atoms with E-state index < -0.39 is 0 Å². The van der Waals surface area contributed by atoms with Crippen LogP contribution in [0.2, 0.25) is 0 Å². The van der Waals surface area contributed by atoms with Gasteiger partial charge in [-0.15, -0.1) is 0 Å². The van der Waals surface area contributed by atoms with Crippen LogP contribution >= 0.6 is 0 Å². The van der Waals surface area contributed by atoms with E-state index in [1.165, 1.54) is 0 Å². The van der Waals surface area contributed by atoms with Crippen molar-refractivity contribution in [2.45, 2.75) is 39.3 Å². The van der Waals surface area contributed by atoms with Crippen molar-refractivity contribution in [3.8, 4) is 0 Å². The summed E-state index contributed by atoms with van der Waals surface area (Å²) in [5, 5.41) is 2.93. The predicted octanol–water partition coefficient (Wildman–Crippen LogP) is -0.131. The second kappa shape index (κ2) is 6.32. The van der Waals surface area contributed by atoms with Crippen LogP contribution in [0.4, 0.5) is 4.79 Å². The number of nitrogens with zero attached hydrogens (tertiary/aromatic N) is 3. The lowest BCUT2D eigenvalue weighted by atomic mass is 10.2. The van der Waals surface area contributed by atoms with Gasteiger partial charge in [-0.25, -0.2) is 4.79 Å². The fourth-order valence-corrected chi connectivity index (χ4v) is 2.82. The number of carbonyl (C=O) groups excluding carboxylic acids is 3. The smallest absolute Gasteiger partial charge is 0.317 e. The zero-order valence-corrected chi connectivity index (χ0v) is 13.0. The minimum absolute atomic E-state index is 0.0454. The van der Waals surface area contributed by atoms with Gasteiger partial charge in [0.15, 0.2) is 0 Å². The van der Waals surface area contributed by atoms with Crippen molar-refractivity contribution in [3.63, 3.8) is 0 Å². The number of piperazine rings is 1. The highest BCUT2D eigenvalue weighted by Gasteiger charge is 2.33. The van der Waals surface area contributed by atoms with Crippen molar-refractivity contribution in [1.82, 2.24) is 20.0 Å². The number of urea groups is 1. The lowest BCUT2D eigenvalue weighted by molar-refractivity contribution is -0.130. The van der Waals surface area contributed by atoms with E-state index in [0.29, 0.717) is 39.1 Å². The lowest BCUT2D eigenvalue weighted by Gasteiger charge is -2.34. The molecule has 21 heavy (non-hydrogen) atoms. The fraction of sp³-hybridized carbons (Fsp3) is 0.786. The van der Waals surface area contributed by atoms with E-state index >= 15 is 0 Å². The number of amides is 4. The number of rotatable bonds is 2. The van der Waals surface area contributed by atoms with E-state index in [4.69, 9.17) is 0 Å². The van der Waals surface area contributed by atoms with Crippen LogP contribution in [-0.2, 0) is 9.59 Å². The molecular weight excluding hydrogens is 272 g/mol. The zero-order valence-electron chi connectivity index (χ0n) is 13.0. The van der Waals surface area contributed by atoms with Crippen molar-refractivity contribution in [2.24, 2.45) is 0 Å². The van der Waals surface area contributed by atoms with Crippen LogP contribution in [0, 0.1) is 0 Å². The molecule has 0 aromatic carbocycles. The molecule has 7 heteroatoms. The summed E-state index contributed by atoms with van der Waals surface area (Å²) >= 11 is 0. The molecule has 0 saturated carbocycles. The summed E-state index contributed by atoms with van der Waals surface area (Å²) in [6.45, 7) is 8.30. The summed E-state index contributed by atoms with van der Waals surface area (Å²) in [4.78, 5) is 40.5. The van der Waals surface area contributed by atoms with E-state index in [1.54, 1.807) is 21.6 Å². The standard InChI is InChI=1S/C14H24N4O3/c1-10(2)18-9-12(8-13(18)20)15-14(21)17-6-4-16(5-7-17)11(3)19/h10,12H,4-9H2,1-3H3,(H,15,21). The number of hydrogen-bond donors (Lipinski definition) is 1. The number of nitrogens with one attached hydrogen (secondary N) is 1. The summed E-state index contributed by atoms with van der Waals surface area (Å²) in [5.74, 6) is 0.140. The second-order valence-electron chi connectivity index (χ2n) is 5.98. The van der Waals surface area contributed by atoms with Crippen molar-refractivity contribution in [3.05, 3.63) is 0 Å². The lowest BCUT2D eigenvalue weighted by Crippen LogP contribution is -2.54. The molecule has 2 aliphatic heterocycles. The summed E-state index contributed by atoms with van der Waals surface area (Å²) < 4.78 is 0. The quantitative estimate of drug-likeness (QED) is 0.771. The molecule has 2 aliphatic rings. The van der Waals surface area contributed by atoms with Crippen molar-refractivity contribution >= 4 is 17.8 Å². The Morgan fingerprint density at radius 1 is 1.14 bits per heavy atom. The Kier molecular flexibility index (Phi) is 4.69. The first-order valence-corrected chi connectivity index (χ1v) is 7.49. The Labute approximate surface area is 125 Å². The largest absolute Gasteiger partial charge is 0.339 e. The minimum Gasteiger partial charge on any atom is -0.339 e. The van der Waals surface area contributed by atoms with Crippen LogP contribution in [0.25, 0.3) is 0 Å². The van der Waals surface area contributed by atoms with Gasteiger partial charge >= 0.3 is 6.03 Å². The molecule has 2 rings (SSSR count). The molecule has 7 nitrogen and oxygen atoms in total. The third-order valence-corrected chi connectivity index (χ3v) is 4.12. The Morgan fingerprint density at radius 3 is 2.19 bits per heavy atom. The van der Waals surface area contributed by atoms with Gasteiger partial charge in [-0.05, 0) is 13.8 Å². The minimum atomic E-state index is -0.137. The normalized spacial score (nSPS) is 23.0. The van der Waals surface area contributed by atoms with Gasteiger partial charge in [0.2, 0.25) is 11.8 Å². The van der Waals surface area contributed by atoms with Crippen molar-refractivity contribution in [2.75, 3.05) is 32.7 Å². The third-order valence-electron chi connectivity index (χ3n) is 4.12. The molecule has 2 heterocycles. The maximum Gasteiger partial charge on any atom is 0.317 e.